The van der Waals surface area contributed by atoms with Crippen LogP contribution in [0, 0.1) is 6.92 Å². The van der Waals surface area contributed by atoms with Gasteiger partial charge in [0.1, 0.15) is 16.9 Å². The number of amides is 2. The van der Waals surface area contributed by atoms with E-state index in [2.05, 4.69) is 10.4 Å². The van der Waals surface area contributed by atoms with Crippen LogP contribution in [0.4, 0.5) is 5.69 Å². The van der Waals surface area contributed by atoms with Crippen LogP contribution in [0.25, 0.3) is 10.6 Å². The van der Waals surface area contributed by atoms with Gasteiger partial charge in [-0.25, -0.2) is 0 Å². The third kappa shape index (κ3) is 4.02. The fourth-order valence-electron chi connectivity index (χ4n) is 4.20. The Morgan fingerprint density at radius 2 is 1.88 bits per heavy atom. The summed E-state index contributed by atoms with van der Waals surface area (Å²) in [6.07, 6.45) is 0. The average molecular weight is 491 g/mol. The van der Waals surface area contributed by atoms with Gasteiger partial charge in [0.05, 0.1) is 11.4 Å². The standard InChI is InChI=1S/C26H23ClN4O2S/c1-17-5-7-18(8-6-17)15-28-25(33)26(2)16-30-22(14-21(29-30)23-4-3-13-34-23)24(32)31(26)20-11-9-19(27)10-12-20/h3-14H,15-16H2,1-2H3,(H,28,33)/t26-/m1/s1. The number of fused-ring (bicyclic) bond motifs is 1. The molecule has 0 spiro atoms. The maximum Gasteiger partial charge on any atom is 0.277 e. The maximum atomic E-state index is 13.8. The molecule has 1 atom stereocenters. The maximum absolute atomic E-state index is 13.8. The van der Waals surface area contributed by atoms with Crippen LogP contribution in [0.3, 0.4) is 0 Å². The third-order valence-electron chi connectivity index (χ3n) is 6.07. The number of aryl methyl sites for hydroxylation is 1. The molecule has 1 aliphatic rings. The highest BCUT2D eigenvalue weighted by molar-refractivity contribution is 7.13. The molecular formula is C26H23ClN4O2S. The summed E-state index contributed by atoms with van der Waals surface area (Å²) in [5.41, 5.74) is 2.72. The number of halogens is 1. The van der Waals surface area contributed by atoms with Crippen molar-refractivity contribution in [1.29, 1.82) is 0 Å². The Balaban J connectivity index is 1.52. The molecule has 34 heavy (non-hydrogen) atoms. The molecule has 2 aromatic carbocycles. The fraction of sp³-hybridized carbons (Fsp3) is 0.192. The van der Waals surface area contributed by atoms with E-state index in [0.29, 0.717) is 22.9 Å². The van der Waals surface area contributed by atoms with Crippen LogP contribution in [-0.4, -0.2) is 27.1 Å². The van der Waals surface area contributed by atoms with Gasteiger partial charge in [-0.1, -0.05) is 47.5 Å². The third-order valence-corrected chi connectivity index (χ3v) is 7.22. The summed E-state index contributed by atoms with van der Waals surface area (Å²) >= 11 is 7.65. The van der Waals surface area contributed by atoms with E-state index in [4.69, 9.17) is 11.6 Å². The first-order chi connectivity index (χ1) is 16.3. The Labute approximate surface area is 206 Å². The van der Waals surface area contributed by atoms with Crippen LogP contribution in [0.5, 0.6) is 0 Å². The SMILES string of the molecule is Cc1ccc(CNC(=O)[C@@]2(C)Cn3nc(-c4cccs4)cc3C(=O)N2c2ccc(Cl)cc2)cc1. The van der Waals surface area contributed by atoms with Crippen molar-refractivity contribution in [2.24, 2.45) is 0 Å². The monoisotopic (exact) mass is 490 g/mol. The number of anilines is 1. The second-order valence-electron chi connectivity index (χ2n) is 8.61. The smallest absolute Gasteiger partial charge is 0.277 e. The minimum absolute atomic E-state index is 0.224. The Morgan fingerprint density at radius 3 is 2.56 bits per heavy atom. The van der Waals surface area contributed by atoms with Crippen molar-refractivity contribution in [3.8, 4) is 10.6 Å². The molecule has 2 aromatic heterocycles. The molecule has 0 fully saturated rings. The van der Waals surface area contributed by atoms with Gasteiger partial charge in [-0.2, -0.15) is 5.10 Å². The van der Waals surface area contributed by atoms with Gasteiger partial charge in [-0.3, -0.25) is 19.2 Å². The molecule has 3 heterocycles. The number of carbonyl (C=O) groups excluding carboxylic acids is 2. The number of aromatic nitrogens is 2. The Kier molecular flexibility index (Phi) is 5.75. The number of benzene rings is 2. The van der Waals surface area contributed by atoms with E-state index in [1.165, 1.54) is 0 Å². The lowest BCUT2D eigenvalue weighted by Crippen LogP contribution is -2.64. The van der Waals surface area contributed by atoms with Gasteiger partial charge >= 0.3 is 0 Å². The van der Waals surface area contributed by atoms with Gasteiger partial charge in [-0.15, -0.1) is 11.3 Å². The highest BCUT2D eigenvalue weighted by Crippen LogP contribution is 2.35. The van der Waals surface area contributed by atoms with E-state index in [1.54, 1.807) is 58.2 Å². The van der Waals surface area contributed by atoms with Gasteiger partial charge in [0.15, 0.2) is 0 Å². The van der Waals surface area contributed by atoms with Crippen molar-refractivity contribution >= 4 is 40.4 Å². The van der Waals surface area contributed by atoms with Crippen molar-refractivity contribution in [3.05, 3.63) is 94.0 Å². The zero-order chi connectivity index (χ0) is 23.9. The molecule has 0 bridgehead atoms. The second kappa shape index (κ2) is 8.74. The Morgan fingerprint density at radius 1 is 1.15 bits per heavy atom. The number of rotatable bonds is 5. The Bertz CT molecular complexity index is 1350. The molecule has 8 heteroatoms. The lowest BCUT2D eigenvalue weighted by molar-refractivity contribution is -0.126. The summed E-state index contributed by atoms with van der Waals surface area (Å²) in [6.45, 7) is 4.39. The van der Waals surface area contributed by atoms with Crippen molar-refractivity contribution < 1.29 is 9.59 Å². The molecule has 4 aromatic rings. The summed E-state index contributed by atoms with van der Waals surface area (Å²) in [6, 6.07) is 20.7. The van der Waals surface area contributed by atoms with Crippen LogP contribution in [0.2, 0.25) is 5.02 Å². The van der Waals surface area contributed by atoms with E-state index in [-0.39, 0.29) is 18.4 Å². The average Bonchev–Trinajstić information content (AvgIpc) is 3.50. The summed E-state index contributed by atoms with van der Waals surface area (Å²) in [5, 5.41) is 10.2. The Hall–Kier alpha value is -3.42. The number of carbonyl (C=O) groups is 2. The molecule has 6 nitrogen and oxygen atoms in total. The number of nitrogens with zero attached hydrogens (tertiary/aromatic N) is 3. The molecule has 0 aliphatic carbocycles. The zero-order valence-corrected chi connectivity index (χ0v) is 20.4. The van der Waals surface area contributed by atoms with Gasteiger partial charge < -0.3 is 5.32 Å². The van der Waals surface area contributed by atoms with Crippen molar-refractivity contribution in [2.75, 3.05) is 4.90 Å². The molecule has 1 N–H and O–H groups in total. The summed E-state index contributed by atoms with van der Waals surface area (Å²) in [7, 11) is 0. The van der Waals surface area contributed by atoms with E-state index in [0.717, 1.165) is 21.7 Å². The number of hydrogen-bond donors (Lipinski definition) is 1. The highest BCUT2D eigenvalue weighted by Gasteiger charge is 2.48. The number of nitrogens with one attached hydrogen (secondary N) is 1. The fourth-order valence-corrected chi connectivity index (χ4v) is 5.01. The molecule has 1 aliphatic heterocycles. The molecule has 0 saturated heterocycles. The van der Waals surface area contributed by atoms with Crippen LogP contribution >= 0.6 is 22.9 Å². The predicted octanol–water partition coefficient (Wildman–Crippen LogP) is 5.31. The normalized spacial score (nSPS) is 17.5. The van der Waals surface area contributed by atoms with E-state index < -0.39 is 5.54 Å². The lowest BCUT2D eigenvalue weighted by atomic mass is 9.94. The van der Waals surface area contributed by atoms with E-state index in [1.807, 2.05) is 48.7 Å². The van der Waals surface area contributed by atoms with Crippen LogP contribution in [0.15, 0.2) is 72.1 Å². The number of thiophene rings is 1. The second-order valence-corrected chi connectivity index (χ2v) is 9.99. The minimum Gasteiger partial charge on any atom is -0.350 e. The molecule has 2 amide bonds. The molecule has 0 unspecified atom stereocenters. The summed E-state index contributed by atoms with van der Waals surface area (Å²) in [4.78, 5) is 29.9. The van der Waals surface area contributed by atoms with Gasteiger partial charge in [0.25, 0.3) is 5.91 Å². The van der Waals surface area contributed by atoms with Gasteiger partial charge in [0.2, 0.25) is 5.91 Å². The largest absolute Gasteiger partial charge is 0.350 e. The topological polar surface area (TPSA) is 67.2 Å². The van der Waals surface area contributed by atoms with Gasteiger partial charge in [-0.05, 0) is 61.2 Å². The first kappa shape index (κ1) is 22.4. The molecule has 0 radical (unpaired) electrons. The summed E-state index contributed by atoms with van der Waals surface area (Å²) in [5.74, 6) is -0.535. The predicted molar refractivity (Wildman–Crippen MR) is 135 cm³/mol. The highest BCUT2D eigenvalue weighted by atomic mass is 35.5. The van der Waals surface area contributed by atoms with Crippen molar-refractivity contribution in [3.63, 3.8) is 0 Å². The van der Waals surface area contributed by atoms with E-state index in [9.17, 15) is 9.59 Å². The van der Waals surface area contributed by atoms with Crippen molar-refractivity contribution in [1.82, 2.24) is 15.1 Å². The minimum atomic E-state index is -1.19. The molecule has 172 valence electrons. The quantitative estimate of drug-likeness (QED) is 0.412. The van der Waals surface area contributed by atoms with Crippen LogP contribution in [-0.2, 0) is 17.9 Å². The lowest BCUT2D eigenvalue weighted by Gasteiger charge is -2.43. The van der Waals surface area contributed by atoms with Crippen molar-refractivity contribution in [2.45, 2.75) is 32.5 Å². The molecule has 0 saturated carbocycles. The van der Waals surface area contributed by atoms with Gasteiger partial charge in [0, 0.05) is 17.3 Å². The zero-order valence-electron chi connectivity index (χ0n) is 18.8. The van der Waals surface area contributed by atoms with Crippen LogP contribution in [0.1, 0.15) is 28.5 Å². The first-order valence-corrected chi connectivity index (χ1v) is 12.2. The van der Waals surface area contributed by atoms with E-state index >= 15 is 0 Å². The number of hydrogen-bond acceptors (Lipinski definition) is 4. The molecule has 5 rings (SSSR count). The molecular weight excluding hydrogens is 468 g/mol. The first-order valence-electron chi connectivity index (χ1n) is 10.9. The summed E-state index contributed by atoms with van der Waals surface area (Å²) < 4.78 is 1.65. The van der Waals surface area contributed by atoms with Crippen LogP contribution < -0.4 is 10.2 Å².